The van der Waals surface area contributed by atoms with Gasteiger partial charge in [-0.05, 0) is 31.1 Å². The van der Waals surface area contributed by atoms with Gasteiger partial charge in [0, 0.05) is 11.7 Å². The van der Waals surface area contributed by atoms with Crippen LogP contribution < -0.4 is 11.1 Å². The van der Waals surface area contributed by atoms with Crippen molar-refractivity contribution >= 4 is 5.97 Å². The fourth-order valence-corrected chi connectivity index (χ4v) is 2.96. The van der Waals surface area contributed by atoms with Gasteiger partial charge in [-0.2, -0.15) is 0 Å². The molecule has 0 amide bonds. The fourth-order valence-electron chi connectivity index (χ4n) is 2.96. The molecule has 1 fully saturated rings. The van der Waals surface area contributed by atoms with Crippen molar-refractivity contribution in [3.05, 3.63) is 11.8 Å². The van der Waals surface area contributed by atoms with Crippen LogP contribution >= 0.6 is 0 Å². The van der Waals surface area contributed by atoms with Gasteiger partial charge in [0.15, 0.2) is 0 Å². The lowest BCUT2D eigenvalue weighted by atomic mass is 9.82. The van der Waals surface area contributed by atoms with Gasteiger partial charge in [0.05, 0.1) is 7.11 Å². The summed E-state index contributed by atoms with van der Waals surface area (Å²) in [5.41, 5.74) is 7.22. The number of carbonyl (C=O) groups excluding carboxylic acids is 1. The summed E-state index contributed by atoms with van der Waals surface area (Å²) in [7, 11) is 1.46. The second kappa shape index (κ2) is 7.83. The molecule has 1 rings (SSSR count). The Morgan fingerprint density at radius 2 is 1.86 bits per heavy atom. The number of nitrogens with one attached hydrogen (secondary N) is 1. The second-order valence-corrected chi connectivity index (χ2v) is 7.13. The van der Waals surface area contributed by atoms with Crippen LogP contribution in [0.4, 0.5) is 0 Å². The molecular formula is C17H32N2O2. The minimum absolute atomic E-state index is 0.0535. The van der Waals surface area contributed by atoms with Crippen molar-refractivity contribution in [1.29, 1.82) is 0 Å². The molecule has 21 heavy (non-hydrogen) atoms. The predicted octanol–water partition coefficient (Wildman–Crippen LogP) is 2.98. The summed E-state index contributed by atoms with van der Waals surface area (Å²) >= 11 is 0. The zero-order chi connectivity index (χ0) is 16.0. The number of esters is 1. The molecule has 0 heterocycles. The Morgan fingerprint density at radius 1 is 1.29 bits per heavy atom. The number of allylic oxidation sites excluding steroid dienone is 1. The topological polar surface area (TPSA) is 64.3 Å². The molecule has 0 aliphatic heterocycles. The monoisotopic (exact) mass is 296 g/mol. The van der Waals surface area contributed by atoms with Crippen molar-refractivity contribution in [1.82, 2.24) is 5.32 Å². The van der Waals surface area contributed by atoms with Crippen LogP contribution in [0.2, 0.25) is 0 Å². The summed E-state index contributed by atoms with van der Waals surface area (Å²) in [4.78, 5) is 12.2. The minimum atomic E-state index is -0.283. The third-order valence-electron chi connectivity index (χ3n) is 4.48. The number of nitrogens with two attached hydrogens (primary N) is 1. The van der Waals surface area contributed by atoms with Crippen molar-refractivity contribution in [2.24, 2.45) is 17.1 Å². The largest absolute Gasteiger partial charge is 0.467 e. The number of carbonyl (C=O) groups is 1. The highest BCUT2D eigenvalue weighted by Gasteiger charge is 2.33. The van der Waals surface area contributed by atoms with Crippen molar-refractivity contribution < 1.29 is 9.53 Å². The lowest BCUT2D eigenvalue weighted by molar-refractivity contribution is -0.144. The second-order valence-electron chi connectivity index (χ2n) is 7.13. The molecule has 0 bridgehead atoms. The molecule has 0 unspecified atom stereocenters. The van der Waals surface area contributed by atoms with E-state index in [9.17, 15) is 4.79 Å². The summed E-state index contributed by atoms with van der Waals surface area (Å²) in [5.74, 6) is 0.163. The summed E-state index contributed by atoms with van der Waals surface area (Å²) in [6.45, 7) is 8.28. The van der Waals surface area contributed by atoms with Gasteiger partial charge in [-0.15, -0.1) is 0 Å². The molecule has 0 aromatic carbocycles. The Labute approximate surface area is 129 Å². The lowest BCUT2D eigenvalue weighted by Gasteiger charge is -2.35. The molecule has 0 aromatic rings. The number of ether oxygens (including phenoxy) is 1. The molecule has 0 aromatic heterocycles. The van der Waals surface area contributed by atoms with E-state index in [2.05, 4.69) is 26.1 Å². The van der Waals surface area contributed by atoms with Crippen LogP contribution in [0.5, 0.6) is 0 Å². The van der Waals surface area contributed by atoms with Gasteiger partial charge in [0.2, 0.25) is 0 Å². The zero-order valence-corrected chi connectivity index (χ0v) is 14.2. The van der Waals surface area contributed by atoms with Gasteiger partial charge in [-0.25, -0.2) is 4.79 Å². The van der Waals surface area contributed by atoms with Gasteiger partial charge < -0.3 is 15.8 Å². The van der Waals surface area contributed by atoms with Crippen LogP contribution in [0.25, 0.3) is 0 Å². The summed E-state index contributed by atoms with van der Waals surface area (Å²) in [6, 6.07) is -0.409. The SMILES string of the molecule is C/C=C(/N[C@H](C(=O)OC)C1CCCCC1)[C@@H](N)C(C)(C)C. The molecule has 1 aliphatic rings. The highest BCUT2D eigenvalue weighted by molar-refractivity contribution is 5.76. The van der Waals surface area contributed by atoms with E-state index in [-0.39, 0.29) is 23.5 Å². The first kappa shape index (κ1) is 18.0. The molecule has 0 radical (unpaired) electrons. The van der Waals surface area contributed by atoms with Crippen LogP contribution in [0.3, 0.4) is 0 Å². The fraction of sp³-hybridized carbons (Fsp3) is 0.824. The van der Waals surface area contributed by atoms with Crippen LogP contribution in [-0.2, 0) is 9.53 Å². The lowest BCUT2D eigenvalue weighted by Crippen LogP contribution is -2.50. The quantitative estimate of drug-likeness (QED) is 0.766. The third-order valence-corrected chi connectivity index (χ3v) is 4.48. The van der Waals surface area contributed by atoms with E-state index >= 15 is 0 Å². The first-order valence-electron chi connectivity index (χ1n) is 8.07. The summed E-state index contributed by atoms with van der Waals surface area (Å²) in [6.07, 6.45) is 7.78. The van der Waals surface area contributed by atoms with E-state index in [4.69, 9.17) is 10.5 Å². The van der Waals surface area contributed by atoms with E-state index in [1.807, 2.05) is 13.0 Å². The molecule has 1 saturated carbocycles. The number of hydrogen-bond acceptors (Lipinski definition) is 4. The Bertz CT molecular complexity index is 365. The third kappa shape index (κ3) is 5.03. The first-order valence-corrected chi connectivity index (χ1v) is 8.07. The Kier molecular flexibility index (Phi) is 6.72. The van der Waals surface area contributed by atoms with E-state index in [1.165, 1.54) is 26.4 Å². The molecule has 0 spiro atoms. The van der Waals surface area contributed by atoms with Crippen LogP contribution in [-0.4, -0.2) is 25.2 Å². The van der Waals surface area contributed by atoms with Gasteiger partial charge in [-0.3, -0.25) is 0 Å². The van der Waals surface area contributed by atoms with E-state index in [1.54, 1.807) is 0 Å². The van der Waals surface area contributed by atoms with Gasteiger partial charge in [0.1, 0.15) is 6.04 Å². The van der Waals surface area contributed by atoms with Gasteiger partial charge in [-0.1, -0.05) is 46.1 Å². The maximum absolute atomic E-state index is 12.2. The molecule has 2 atom stereocenters. The average molecular weight is 296 g/mol. The van der Waals surface area contributed by atoms with E-state index < -0.39 is 0 Å². The Balaban J connectivity index is 2.86. The molecule has 122 valence electrons. The summed E-state index contributed by atoms with van der Waals surface area (Å²) in [5, 5.41) is 3.39. The smallest absolute Gasteiger partial charge is 0.328 e. The molecule has 4 heteroatoms. The van der Waals surface area contributed by atoms with Crippen molar-refractivity contribution in [3.63, 3.8) is 0 Å². The van der Waals surface area contributed by atoms with E-state index in [0.717, 1.165) is 18.5 Å². The average Bonchev–Trinajstić information content (AvgIpc) is 2.47. The molecule has 0 saturated heterocycles. The maximum atomic E-state index is 12.2. The highest BCUT2D eigenvalue weighted by Crippen LogP contribution is 2.29. The highest BCUT2D eigenvalue weighted by atomic mass is 16.5. The Hall–Kier alpha value is -1.03. The zero-order valence-electron chi connectivity index (χ0n) is 14.2. The first-order chi connectivity index (χ1) is 9.81. The normalized spacial score (nSPS) is 20.8. The standard InChI is InChI=1S/C17H32N2O2/c1-6-13(15(18)17(2,3)4)19-14(16(20)21-5)12-10-8-7-9-11-12/h6,12,14-15,19H,7-11,18H2,1-5H3/b13-6+/t14-,15+/m0/s1. The minimum Gasteiger partial charge on any atom is -0.467 e. The van der Waals surface area contributed by atoms with Crippen molar-refractivity contribution in [2.75, 3.05) is 7.11 Å². The number of methoxy groups -OCH3 is 1. The van der Waals surface area contributed by atoms with E-state index in [0.29, 0.717) is 5.92 Å². The predicted molar refractivity (Wildman–Crippen MR) is 86.7 cm³/mol. The molecular weight excluding hydrogens is 264 g/mol. The maximum Gasteiger partial charge on any atom is 0.328 e. The van der Waals surface area contributed by atoms with Crippen LogP contribution in [0.15, 0.2) is 11.8 Å². The number of hydrogen-bond donors (Lipinski definition) is 2. The summed E-state index contributed by atoms with van der Waals surface area (Å²) < 4.78 is 5.01. The number of rotatable bonds is 5. The van der Waals surface area contributed by atoms with Crippen LogP contribution in [0, 0.1) is 11.3 Å². The van der Waals surface area contributed by atoms with Crippen molar-refractivity contribution in [2.45, 2.75) is 71.9 Å². The van der Waals surface area contributed by atoms with Crippen molar-refractivity contribution in [3.8, 4) is 0 Å². The molecule has 3 N–H and O–H groups in total. The molecule has 1 aliphatic carbocycles. The van der Waals surface area contributed by atoms with Gasteiger partial charge >= 0.3 is 5.97 Å². The van der Waals surface area contributed by atoms with Crippen LogP contribution in [0.1, 0.15) is 59.8 Å². The molecule has 4 nitrogen and oxygen atoms in total. The Morgan fingerprint density at radius 3 is 2.29 bits per heavy atom. The van der Waals surface area contributed by atoms with Gasteiger partial charge in [0.25, 0.3) is 0 Å².